The maximum atomic E-state index is 12.7. The first-order chi connectivity index (χ1) is 10.7. The summed E-state index contributed by atoms with van der Waals surface area (Å²) in [6, 6.07) is 18.1. The molecule has 1 aromatic heterocycles. The van der Waals surface area contributed by atoms with Crippen LogP contribution in [-0.2, 0) is 0 Å². The van der Waals surface area contributed by atoms with Crippen LogP contribution in [0.15, 0.2) is 54.6 Å². The van der Waals surface area contributed by atoms with Crippen LogP contribution in [0.4, 0.5) is 5.69 Å². The molecule has 0 radical (unpaired) electrons. The van der Waals surface area contributed by atoms with Gasteiger partial charge in [-0.2, -0.15) is 0 Å². The Morgan fingerprint density at radius 3 is 2.45 bits per heavy atom. The number of hydrogen-bond acceptors (Lipinski definition) is 3. The molecule has 4 aromatic rings. The number of hydrogen-bond donors (Lipinski definition) is 1. The van der Waals surface area contributed by atoms with Crippen molar-refractivity contribution in [2.75, 3.05) is 5.73 Å². The highest BCUT2D eigenvalue weighted by Crippen LogP contribution is 2.43. The molecule has 2 nitrogen and oxygen atoms in total. The number of nitrogens with two attached hydrogens (primary N) is 1. The minimum atomic E-state index is 0.0782. The normalized spacial score (nSPS) is 12.8. The van der Waals surface area contributed by atoms with Crippen LogP contribution in [0.1, 0.15) is 15.9 Å². The van der Waals surface area contributed by atoms with E-state index in [1.807, 2.05) is 24.3 Å². The van der Waals surface area contributed by atoms with Gasteiger partial charge in [-0.1, -0.05) is 24.3 Å². The number of anilines is 1. The van der Waals surface area contributed by atoms with Crippen LogP contribution in [0.5, 0.6) is 0 Å². The predicted octanol–water partition coefficient (Wildman–Crippen LogP) is 4.85. The van der Waals surface area contributed by atoms with Crippen molar-refractivity contribution in [1.82, 2.24) is 0 Å². The largest absolute Gasteiger partial charge is 0.399 e. The van der Waals surface area contributed by atoms with Crippen LogP contribution in [0, 0.1) is 0 Å². The molecule has 1 aliphatic carbocycles. The lowest BCUT2D eigenvalue weighted by Crippen LogP contribution is -1.96. The monoisotopic (exact) mass is 301 g/mol. The lowest BCUT2D eigenvalue weighted by molar-refractivity contribution is 0.104. The second-order valence-corrected chi connectivity index (χ2v) is 6.71. The van der Waals surface area contributed by atoms with E-state index in [1.165, 1.54) is 14.8 Å². The third-order valence-electron chi connectivity index (χ3n) is 4.34. The summed E-state index contributed by atoms with van der Waals surface area (Å²) >= 11 is 1.77. The van der Waals surface area contributed by atoms with Crippen LogP contribution in [0.3, 0.4) is 0 Å². The molecule has 0 aliphatic heterocycles. The average molecular weight is 301 g/mol. The zero-order chi connectivity index (χ0) is 14.8. The molecule has 0 fully saturated rings. The predicted molar refractivity (Wildman–Crippen MR) is 92.6 cm³/mol. The van der Waals surface area contributed by atoms with Gasteiger partial charge in [-0.05, 0) is 41.5 Å². The van der Waals surface area contributed by atoms with Crippen LogP contribution in [-0.4, -0.2) is 5.78 Å². The zero-order valence-electron chi connectivity index (χ0n) is 11.6. The fraction of sp³-hybridized carbons (Fsp3) is 0. The Bertz CT molecular complexity index is 1110. The van der Waals surface area contributed by atoms with Crippen molar-refractivity contribution in [3.63, 3.8) is 0 Å². The Labute approximate surface area is 130 Å². The summed E-state index contributed by atoms with van der Waals surface area (Å²) in [6.45, 7) is 0. The maximum Gasteiger partial charge on any atom is 0.194 e. The molecule has 0 atom stereocenters. The highest BCUT2D eigenvalue weighted by molar-refractivity contribution is 7.25. The van der Waals surface area contributed by atoms with Crippen LogP contribution in [0.2, 0.25) is 0 Å². The first-order valence-electron chi connectivity index (χ1n) is 7.12. The number of nitrogen functional groups attached to an aromatic ring is 1. The van der Waals surface area contributed by atoms with Crippen molar-refractivity contribution in [1.29, 1.82) is 0 Å². The van der Waals surface area contributed by atoms with Gasteiger partial charge in [0.15, 0.2) is 5.78 Å². The maximum absolute atomic E-state index is 12.7. The minimum absolute atomic E-state index is 0.0782. The summed E-state index contributed by atoms with van der Waals surface area (Å²) in [4.78, 5) is 12.7. The number of benzene rings is 3. The number of fused-ring (bicyclic) bond motifs is 6. The van der Waals surface area contributed by atoms with E-state index in [4.69, 9.17) is 5.73 Å². The van der Waals surface area contributed by atoms with Crippen LogP contribution < -0.4 is 5.73 Å². The number of thiophene rings is 1. The molecule has 0 saturated carbocycles. The Kier molecular flexibility index (Phi) is 2.15. The van der Waals surface area contributed by atoms with Crippen molar-refractivity contribution in [2.24, 2.45) is 0 Å². The molecule has 5 rings (SSSR count). The molecule has 1 aliphatic rings. The lowest BCUT2D eigenvalue weighted by Gasteiger charge is -2.01. The SMILES string of the molecule is Nc1ccc2c(c1)C(=O)c1cc3c(cc1-2)sc1ccccc13. The zero-order valence-corrected chi connectivity index (χ0v) is 12.4. The molecule has 0 unspecified atom stereocenters. The van der Waals surface area contributed by atoms with Crippen LogP contribution >= 0.6 is 11.3 Å². The van der Waals surface area contributed by atoms with Gasteiger partial charge in [0.1, 0.15) is 0 Å². The molecule has 1 heterocycles. The molecule has 2 N–H and O–H groups in total. The minimum Gasteiger partial charge on any atom is -0.399 e. The van der Waals surface area contributed by atoms with Gasteiger partial charge >= 0.3 is 0 Å². The Balaban J connectivity index is 1.91. The van der Waals surface area contributed by atoms with E-state index in [9.17, 15) is 4.79 Å². The number of rotatable bonds is 0. The van der Waals surface area contributed by atoms with Gasteiger partial charge in [0, 0.05) is 37.0 Å². The molecule has 22 heavy (non-hydrogen) atoms. The third kappa shape index (κ3) is 1.41. The number of ketones is 1. The van der Waals surface area contributed by atoms with Crippen molar-refractivity contribution in [3.05, 3.63) is 65.7 Å². The van der Waals surface area contributed by atoms with Gasteiger partial charge in [0.05, 0.1) is 0 Å². The van der Waals surface area contributed by atoms with Crippen molar-refractivity contribution >= 4 is 43.0 Å². The van der Waals surface area contributed by atoms with Gasteiger partial charge in [-0.15, -0.1) is 11.3 Å². The van der Waals surface area contributed by atoms with E-state index in [-0.39, 0.29) is 5.78 Å². The second-order valence-electron chi connectivity index (χ2n) is 5.63. The van der Waals surface area contributed by atoms with E-state index < -0.39 is 0 Å². The fourth-order valence-corrected chi connectivity index (χ4v) is 4.44. The fourth-order valence-electron chi connectivity index (χ4n) is 3.31. The van der Waals surface area contributed by atoms with Gasteiger partial charge in [-0.25, -0.2) is 0 Å². The standard InChI is InChI=1S/C19H11NOS/c20-10-5-6-11-13-9-18-14(8-16(13)19(21)15(11)7-10)12-3-1-2-4-17(12)22-18/h1-9H,20H2. The van der Waals surface area contributed by atoms with E-state index in [0.717, 1.165) is 27.6 Å². The molecule has 0 spiro atoms. The van der Waals surface area contributed by atoms with Gasteiger partial charge < -0.3 is 5.73 Å². The Morgan fingerprint density at radius 2 is 1.55 bits per heavy atom. The summed E-state index contributed by atoms with van der Waals surface area (Å²) in [5, 5.41) is 2.38. The molecule has 0 bridgehead atoms. The number of carbonyl (C=O) groups is 1. The molecule has 0 amide bonds. The third-order valence-corrected chi connectivity index (χ3v) is 5.47. The Morgan fingerprint density at radius 1 is 0.727 bits per heavy atom. The first-order valence-corrected chi connectivity index (χ1v) is 7.94. The summed E-state index contributed by atoms with van der Waals surface area (Å²) in [7, 11) is 0. The quantitative estimate of drug-likeness (QED) is 0.416. The van der Waals surface area contributed by atoms with E-state index in [0.29, 0.717) is 5.69 Å². The second kappa shape index (κ2) is 3.96. The topological polar surface area (TPSA) is 43.1 Å². The van der Waals surface area contributed by atoms with E-state index >= 15 is 0 Å². The average Bonchev–Trinajstić information content (AvgIpc) is 3.02. The molecule has 0 saturated heterocycles. The Hall–Kier alpha value is -2.65. The summed E-state index contributed by atoms with van der Waals surface area (Å²) < 4.78 is 2.48. The van der Waals surface area contributed by atoms with E-state index in [1.54, 1.807) is 17.4 Å². The highest BCUT2D eigenvalue weighted by Gasteiger charge is 2.27. The lowest BCUT2D eigenvalue weighted by atomic mass is 10.0. The summed E-state index contributed by atoms with van der Waals surface area (Å²) in [5.41, 5.74) is 9.99. The molecule has 104 valence electrons. The van der Waals surface area contributed by atoms with Crippen LogP contribution in [0.25, 0.3) is 31.3 Å². The van der Waals surface area contributed by atoms with E-state index in [2.05, 4.69) is 24.3 Å². The smallest absolute Gasteiger partial charge is 0.194 e. The van der Waals surface area contributed by atoms with Gasteiger partial charge in [0.2, 0.25) is 0 Å². The first kappa shape index (κ1) is 12.0. The number of carbonyl (C=O) groups excluding carboxylic acids is 1. The van der Waals surface area contributed by atoms with Gasteiger partial charge in [0.25, 0.3) is 0 Å². The summed E-state index contributed by atoms with van der Waals surface area (Å²) in [6.07, 6.45) is 0. The molecular formula is C19H11NOS. The molecule has 3 aromatic carbocycles. The van der Waals surface area contributed by atoms with Crippen molar-refractivity contribution in [3.8, 4) is 11.1 Å². The molecule has 3 heteroatoms. The van der Waals surface area contributed by atoms with Crippen molar-refractivity contribution in [2.45, 2.75) is 0 Å². The molecular weight excluding hydrogens is 290 g/mol. The highest BCUT2D eigenvalue weighted by atomic mass is 32.1. The summed E-state index contributed by atoms with van der Waals surface area (Å²) in [5.74, 6) is 0.0782. The van der Waals surface area contributed by atoms with Gasteiger partial charge in [-0.3, -0.25) is 4.79 Å². The van der Waals surface area contributed by atoms with Crippen molar-refractivity contribution < 1.29 is 4.79 Å².